The smallest absolute Gasteiger partial charge is 0.373 e. The van der Waals surface area contributed by atoms with Gasteiger partial charge in [-0.05, 0) is 39.5 Å². The van der Waals surface area contributed by atoms with Crippen molar-refractivity contribution < 1.29 is 95.1 Å². The number of esters is 2. The molecule has 0 N–H and O–H groups in total. The highest BCUT2D eigenvalue weighted by Crippen LogP contribution is 2.41. The molecule has 20 nitrogen and oxygen atoms in total. The Kier molecular flexibility index (Phi) is 23.9. The van der Waals surface area contributed by atoms with Gasteiger partial charge in [0.25, 0.3) is 0 Å². The van der Waals surface area contributed by atoms with Gasteiger partial charge in [0, 0.05) is 37.5 Å². The quantitative estimate of drug-likeness (QED) is 0.198. The standard InChI is InChI=1S/2C22H36O8.2CO2/c2*1-8-9-24-21-13(4)19(27-15(6)23)20(14(5)26-21)30-22-12(3)11(2)18-17(29-22)10-25-16(7)28-18;2*2-1-3/h2*8,11-14,16-22H,1,9-10H2,2-7H3;;/t11-,12?,13?,14?,16?,17?,18+,19+,20-,21+,22-;11-,12?,13?,14?,16?,17?,18+,19+,20-,21-,22+;;/m11../s1. The number of carbonyl (C=O) groups is 2. The number of rotatable bonds is 12. The topological polar surface area (TPSA) is 232 Å². The van der Waals surface area contributed by atoms with Crippen LogP contribution in [0.4, 0.5) is 0 Å². The van der Waals surface area contributed by atoms with Crippen molar-refractivity contribution in [1.82, 2.24) is 0 Å². The first-order valence-corrected chi connectivity index (χ1v) is 22.5. The van der Waals surface area contributed by atoms with E-state index < -0.39 is 49.6 Å². The van der Waals surface area contributed by atoms with Gasteiger partial charge in [0.05, 0.1) is 50.8 Å². The zero-order valence-electron chi connectivity index (χ0n) is 40.3. The lowest BCUT2D eigenvalue weighted by molar-refractivity contribution is -0.362. The number of fused-ring (bicyclic) bond motifs is 2. The van der Waals surface area contributed by atoms with Crippen LogP contribution in [0, 0.1) is 35.5 Å². The molecule has 6 heterocycles. The van der Waals surface area contributed by atoms with Gasteiger partial charge in [-0.2, -0.15) is 19.2 Å². The van der Waals surface area contributed by atoms with E-state index in [0.29, 0.717) is 26.4 Å². The Morgan fingerprint density at radius 2 is 0.833 bits per heavy atom. The number of carbonyl (C=O) groups excluding carboxylic acids is 6. The molecule has 6 aliphatic heterocycles. The molecule has 0 amide bonds. The molecule has 376 valence electrons. The molecule has 6 aliphatic rings. The number of hydrogen-bond donors (Lipinski definition) is 0. The molecule has 0 bridgehead atoms. The molecule has 0 aliphatic carbocycles. The zero-order valence-corrected chi connectivity index (χ0v) is 40.3. The molecule has 6 saturated heterocycles. The maximum atomic E-state index is 11.8. The fourth-order valence-electron chi connectivity index (χ4n) is 8.90. The van der Waals surface area contributed by atoms with Crippen molar-refractivity contribution in [1.29, 1.82) is 0 Å². The van der Waals surface area contributed by atoms with Crippen molar-refractivity contribution in [2.24, 2.45) is 35.5 Å². The van der Waals surface area contributed by atoms with E-state index in [2.05, 4.69) is 40.9 Å². The average molecular weight is 945 g/mol. The summed E-state index contributed by atoms with van der Waals surface area (Å²) in [4.78, 5) is 56.1. The van der Waals surface area contributed by atoms with Crippen LogP contribution in [0.1, 0.15) is 83.1 Å². The molecule has 0 aromatic carbocycles. The number of hydrogen-bond acceptors (Lipinski definition) is 20. The minimum Gasteiger partial charge on any atom is -0.459 e. The Labute approximate surface area is 387 Å². The Morgan fingerprint density at radius 3 is 1.14 bits per heavy atom. The first-order valence-electron chi connectivity index (χ1n) is 22.5. The summed E-state index contributed by atoms with van der Waals surface area (Å²) in [6.07, 6.45) is -1.91. The van der Waals surface area contributed by atoms with E-state index in [1.165, 1.54) is 13.8 Å². The molecule has 0 aromatic rings. The van der Waals surface area contributed by atoms with Crippen molar-refractivity contribution in [3.05, 3.63) is 25.3 Å². The van der Waals surface area contributed by atoms with Gasteiger partial charge in [-0.25, -0.2) is 0 Å². The highest BCUT2D eigenvalue weighted by molar-refractivity contribution is 5.66. The second-order valence-electron chi connectivity index (χ2n) is 17.4. The summed E-state index contributed by atoms with van der Waals surface area (Å²) >= 11 is 0. The molecule has 20 heteroatoms. The maximum Gasteiger partial charge on any atom is 0.373 e. The minimum atomic E-state index is -0.524. The van der Waals surface area contributed by atoms with Crippen LogP contribution in [0.2, 0.25) is 0 Å². The normalized spacial score (nSPS) is 42.7. The summed E-state index contributed by atoms with van der Waals surface area (Å²) in [7, 11) is 0. The SMILES string of the molecule is C=CCO[C@@H]1OC(C)[C@@H](O[C@@H]2OC3COC(C)O[C@H]3[C@H](C)C2C)[C@@H](OC(C)=O)C1C.C=CCO[C@H]1OC(C)[C@@H](O[C@H]2OC3COC(C)O[C@H]3[C@H](C)C2C)[C@@H](OC(C)=O)C1C.O=C=O.O=C=O. The summed E-state index contributed by atoms with van der Waals surface area (Å²) < 4.78 is 83.4. The molecule has 0 saturated carbocycles. The summed E-state index contributed by atoms with van der Waals surface area (Å²) in [5.41, 5.74) is 0. The average Bonchev–Trinajstić information content (AvgIpc) is 3.26. The van der Waals surface area contributed by atoms with Gasteiger partial charge in [-0.3, -0.25) is 9.59 Å². The first kappa shape index (κ1) is 57.0. The third-order valence-corrected chi connectivity index (χ3v) is 12.7. The largest absolute Gasteiger partial charge is 0.459 e. The van der Waals surface area contributed by atoms with E-state index in [-0.39, 0.29) is 109 Å². The van der Waals surface area contributed by atoms with Gasteiger partial charge >= 0.3 is 24.2 Å². The van der Waals surface area contributed by atoms with E-state index in [0.717, 1.165) is 0 Å². The van der Waals surface area contributed by atoms with Crippen LogP contribution in [0.15, 0.2) is 25.3 Å². The first-order chi connectivity index (χ1) is 31.3. The predicted octanol–water partition coefficient (Wildman–Crippen LogP) is 4.12. The predicted molar refractivity (Wildman–Crippen MR) is 225 cm³/mol. The highest BCUT2D eigenvalue weighted by Gasteiger charge is 2.53. The van der Waals surface area contributed by atoms with E-state index in [9.17, 15) is 9.59 Å². The zero-order chi connectivity index (χ0) is 49.4. The van der Waals surface area contributed by atoms with E-state index in [1.807, 2.05) is 41.5 Å². The van der Waals surface area contributed by atoms with Gasteiger partial charge in [-0.15, -0.1) is 13.2 Å². The van der Waals surface area contributed by atoms with Gasteiger partial charge in [0.1, 0.15) is 36.6 Å². The minimum absolute atomic E-state index is 0.0384. The van der Waals surface area contributed by atoms with E-state index >= 15 is 0 Å². The second kappa shape index (κ2) is 27.6. The third kappa shape index (κ3) is 15.4. The molecule has 0 radical (unpaired) electrons. The van der Waals surface area contributed by atoms with Gasteiger partial charge in [0.15, 0.2) is 37.7 Å². The van der Waals surface area contributed by atoms with Gasteiger partial charge in [-0.1, -0.05) is 53.7 Å². The monoisotopic (exact) mass is 944 g/mol. The highest BCUT2D eigenvalue weighted by atomic mass is 16.8. The van der Waals surface area contributed by atoms with Crippen LogP contribution in [0.25, 0.3) is 0 Å². The van der Waals surface area contributed by atoms with E-state index in [1.54, 1.807) is 12.2 Å². The number of ether oxygens (including phenoxy) is 14. The molecule has 0 aromatic heterocycles. The molecular formula is C46H72O20. The van der Waals surface area contributed by atoms with Crippen LogP contribution in [-0.4, -0.2) is 149 Å². The molecule has 0 spiro atoms. The third-order valence-electron chi connectivity index (χ3n) is 12.7. The molecule has 22 atom stereocenters. The van der Waals surface area contributed by atoms with Crippen LogP contribution >= 0.6 is 0 Å². The van der Waals surface area contributed by atoms with Crippen LogP contribution < -0.4 is 0 Å². The fourth-order valence-corrected chi connectivity index (χ4v) is 8.90. The van der Waals surface area contributed by atoms with Crippen molar-refractivity contribution in [3.63, 3.8) is 0 Å². The Balaban J connectivity index is 0.000000313. The van der Waals surface area contributed by atoms with Crippen LogP contribution in [-0.2, 0) is 95.1 Å². The molecule has 6 rings (SSSR count). The fraction of sp³-hybridized carbons (Fsp3) is 0.826. The molecule has 6 fully saturated rings. The van der Waals surface area contributed by atoms with Crippen molar-refractivity contribution in [3.8, 4) is 0 Å². The van der Waals surface area contributed by atoms with E-state index in [4.69, 9.17) is 85.5 Å². The molecule has 10 unspecified atom stereocenters. The maximum absolute atomic E-state index is 11.8. The lowest BCUT2D eigenvalue weighted by atomic mass is 9.84. The van der Waals surface area contributed by atoms with Crippen LogP contribution in [0.3, 0.4) is 0 Å². The summed E-state index contributed by atoms with van der Waals surface area (Å²) in [6, 6.07) is 0. The Bertz CT molecular complexity index is 1470. The second-order valence-corrected chi connectivity index (χ2v) is 17.4. The Hall–Kier alpha value is -3.30. The lowest BCUT2D eigenvalue weighted by Crippen LogP contribution is -2.61. The summed E-state index contributed by atoms with van der Waals surface area (Å²) in [5, 5.41) is 0. The molecular weight excluding hydrogens is 872 g/mol. The van der Waals surface area contributed by atoms with Crippen molar-refractivity contribution in [2.45, 2.75) is 182 Å². The Morgan fingerprint density at radius 1 is 0.500 bits per heavy atom. The van der Waals surface area contributed by atoms with Crippen molar-refractivity contribution in [2.75, 3.05) is 26.4 Å². The lowest BCUT2D eigenvalue weighted by Gasteiger charge is -2.50. The van der Waals surface area contributed by atoms with Crippen LogP contribution in [0.5, 0.6) is 0 Å². The molecule has 66 heavy (non-hydrogen) atoms. The van der Waals surface area contributed by atoms with Crippen molar-refractivity contribution >= 4 is 24.2 Å². The summed E-state index contributed by atoms with van der Waals surface area (Å²) in [6.45, 7) is 31.7. The van der Waals surface area contributed by atoms with Gasteiger partial charge in [0.2, 0.25) is 0 Å². The summed E-state index contributed by atoms with van der Waals surface area (Å²) in [5.74, 6) is -0.597. The van der Waals surface area contributed by atoms with Gasteiger partial charge < -0.3 is 66.3 Å².